The summed E-state index contributed by atoms with van der Waals surface area (Å²) in [6.07, 6.45) is 36.5. The van der Waals surface area contributed by atoms with Crippen LogP contribution in [0.3, 0.4) is 0 Å². The molecule has 1 unspecified atom stereocenters. The lowest BCUT2D eigenvalue weighted by Gasteiger charge is -2.18. The molecule has 39 heavy (non-hydrogen) atoms. The fourth-order valence-corrected chi connectivity index (χ4v) is 5.16. The molecule has 0 saturated carbocycles. The third kappa shape index (κ3) is 31.1. The smallest absolute Gasteiger partial charge is 0.306 e. The second kappa shape index (κ2) is 31.2. The van der Waals surface area contributed by atoms with Gasteiger partial charge in [-0.15, -0.1) is 0 Å². The molecule has 0 radical (unpaired) electrons. The molecule has 0 aromatic heterocycles. The van der Waals surface area contributed by atoms with Crippen LogP contribution in [0.25, 0.3) is 0 Å². The molecule has 1 atom stereocenters. The van der Waals surface area contributed by atoms with E-state index >= 15 is 0 Å². The Labute approximate surface area is 243 Å². The minimum Gasteiger partial charge on any atom is -0.481 e. The molecule has 0 aromatic carbocycles. The first-order valence-electron chi connectivity index (χ1n) is 17.2. The van der Waals surface area contributed by atoms with E-state index in [2.05, 4.69) is 26.0 Å². The Morgan fingerprint density at radius 1 is 0.538 bits per heavy atom. The van der Waals surface area contributed by atoms with E-state index in [1.54, 1.807) is 0 Å². The first kappa shape index (κ1) is 37.7. The Hall–Kier alpha value is -1.32. The number of esters is 1. The summed E-state index contributed by atoms with van der Waals surface area (Å²) in [6.45, 7) is 4.50. The van der Waals surface area contributed by atoms with Crippen molar-refractivity contribution in [2.24, 2.45) is 0 Å². The van der Waals surface area contributed by atoms with Crippen LogP contribution in [0.2, 0.25) is 0 Å². The summed E-state index contributed by atoms with van der Waals surface area (Å²) in [5.41, 5.74) is 0. The molecular formula is C35H66O4. The van der Waals surface area contributed by atoms with Crippen molar-refractivity contribution in [2.45, 2.75) is 200 Å². The Bertz CT molecular complexity index is 557. The SMILES string of the molecule is CCCC/C=C\CCCCCCCCC(=O)OC(CCCCCCCCC)CCCCCCCCCC(=O)O. The molecular weight excluding hydrogens is 484 g/mol. The average molecular weight is 551 g/mol. The quantitative estimate of drug-likeness (QED) is 0.0529. The van der Waals surface area contributed by atoms with E-state index in [1.807, 2.05) is 0 Å². The van der Waals surface area contributed by atoms with Crippen molar-refractivity contribution in [3.05, 3.63) is 12.2 Å². The lowest BCUT2D eigenvalue weighted by atomic mass is 10.0. The van der Waals surface area contributed by atoms with Gasteiger partial charge in [0.15, 0.2) is 0 Å². The first-order valence-corrected chi connectivity index (χ1v) is 17.2. The monoisotopic (exact) mass is 550 g/mol. The third-order valence-corrected chi connectivity index (χ3v) is 7.74. The second-order valence-electron chi connectivity index (χ2n) is 11.7. The van der Waals surface area contributed by atoms with Crippen LogP contribution < -0.4 is 0 Å². The minimum atomic E-state index is -0.687. The van der Waals surface area contributed by atoms with Gasteiger partial charge in [-0.3, -0.25) is 9.59 Å². The molecule has 0 rings (SSSR count). The summed E-state index contributed by atoms with van der Waals surface area (Å²) in [7, 11) is 0. The molecule has 0 aromatic rings. The van der Waals surface area contributed by atoms with E-state index in [9.17, 15) is 9.59 Å². The summed E-state index contributed by atoms with van der Waals surface area (Å²) >= 11 is 0. The summed E-state index contributed by atoms with van der Waals surface area (Å²) < 4.78 is 5.98. The molecule has 0 heterocycles. The molecule has 0 saturated heterocycles. The van der Waals surface area contributed by atoms with E-state index < -0.39 is 5.97 Å². The Balaban J connectivity index is 4.02. The van der Waals surface area contributed by atoms with Gasteiger partial charge in [0.25, 0.3) is 0 Å². The summed E-state index contributed by atoms with van der Waals surface area (Å²) in [6, 6.07) is 0. The van der Waals surface area contributed by atoms with E-state index in [-0.39, 0.29) is 12.1 Å². The maximum Gasteiger partial charge on any atom is 0.306 e. The zero-order valence-electron chi connectivity index (χ0n) is 26.2. The lowest BCUT2D eigenvalue weighted by Crippen LogP contribution is -2.18. The van der Waals surface area contributed by atoms with Crippen LogP contribution >= 0.6 is 0 Å². The first-order chi connectivity index (χ1) is 19.1. The van der Waals surface area contributed by atoms with Gasteiger partial charge in [-0.1, -0.05) is 135 Å². The van der Waals surface area contributed by atoms with Crippen molar-refractivity contribution in [2.75, 3.05) is 0 Å². The molecule has 4 nitrogen and oxygen atoms in total. The number of hydrogen-bond acceptors (Lipinski definition) is 3. The van der Waals surface area contributed by atoms with Crippen LogP contribution in [0.5, 0.6) is 0 Å². The van der Waals surface area contributed by atoms with Crippen molar-refractivity contribution in [3.8, 4) is 0 Å². The van der Waals surface area contributed by atoms with Crippen LogP contribution in [0.4, 0.5) is 0 Å². The number of ether oxygens (including phenoxy) is 1. The van der Waals surface area contributed by atoms with Gasteiger partial charge < -0.3 is 9.84 Å². The highest BCUT2D eigenvalue weighted by Crippen LogP contribution is 2.19. The lowest BCUT2D eigenvalue weighted by molar-refractivity contribution is -0.150. The number of carboxylic acids is 1. The molecule has 1 N–H and O–H groups in total. The van der Waals surface area contributed by atoms with Crippen LogP contribution in [0.1, 0.15) is 194 Å². The van der Waals surface area contributed by atoms with E-state index in [0.29, 0.717) is 12.8 Å². The van der Waals surface area contributed by atoms with Gasteiger partial charge in [0.1, 0.15) is 6.10 Å². The van der Waals surface area contributed by atoms with Gasteiger partial charge in [-0.05, 0) is 57.8 Å². The maximum atomic E-state index is 12.6. The van der Waals surface area contributed by atoms with E-state index in [1.165, 1.54) is 116 Å². The fraction of sp³-hybridized carbons (Fsp3) is 0.886. The normalized spacial score (nSPS) is 12.3. The number of aliphatic carboxylic acids is 1. The Morgan fingerprint density at radius 3 is 1.46 bits per heavy atom. The van der Waals surface area contributed by atoms with Crippen molar-refractivity contribution >= 4 is 11.9 Å². The van der Waals surface area contributed by atoms with Crippen LogP contribution in [0.15, 0.2) is 12.2 Å². The molecule has 0 aliphatic heterocycles. The molecule has 0 aliphatic rings. The molecule has 4 heteroatoms. The van der Waals surface area contributed by atoms with Gasteiger partial charge >= 0.3 is 11.9 Å². The van der Waals surface area contributed by atoms with E-state index in [4.69, 9.17) is 9.84 Å². The predicted molar refractivity (Wildman–Crippen MR) is 167 cm³/mol. The summed E-state index contributed by atoms with van der Waals surface area (Å²) in [4.78, 5) is 23.1. The Morgan fingerprint density at radius 2 is 0.949 bits per heavy atom. The van der Waals surface area contributed by atoms with Gasteiger partial charge in [0, 0.05) is 12.8 Å². The molecule has 0 fully saturated rings. The molecule has 0 amide bonds. The van der Waals surface area contributed by atoms with Gasteiger partial charge in [0.2, 0.25) is 0 Å². The average Bonchev–Trinajstić information content (AvgIpc) is 2.91. The zero-order chi connectivity index (χ0) is 28.7. The molecule has 0 spiro atoms. The largest absolute Gasteiger partial charge is 0.481 e. The molecule has 0 aliphatic carbocycles. The zero-order valence-corrected chi connectivity index (χ0v) is 26.2. The maximum absolute atomic E-state index is 12.6. The third-order valence-electron chi connectivity index (χ3n) is 7.74. The van der Waals surface area contributed by atoms with Crippen LogP contribution in [-0.2, 0) is 14.3 Å². The Kier molecular flexibility index (Phi) is 30.2. The number of unbranched alkanes of at least 4 members (excludes halogenated alkanes) is 20. The van der Waals surface area contributed by atoms with Crippen LogP contribution in [-0.4, -0.2) is 23.1 Å². The number of carbonyl (C=O) groups is 2. The predicted octanol–water partition coefficient (Wildman–Crippen LogP) is 11.5. The van der Waals surface area contributed by atoms with E-state index in [0.717, 1.165) is 51.4 Å². The molecule has 230 valence electrons. The number of carboxylic acid groups (broad SMARTS) is 1. The second-order valence-corrected chi connectivity index (χ2v) is 11.7. The molecule has 0 bridgehead atoms. The summed E-state index contributed by atoms with van der Waals surface area (Å²) in [5, 5.41) is 8.72. The highest BCUT2D eigenvalue weighted by atomic mass is 16.5. The standard InChI is InChI=1S/C35H66O4/c1-3-5-7-9-11-12-13-14-15-20-24-28-32-35(38)39-33(29-25-21-17-10-8-6-4-2)30-26-22-18-16-19-23-27-31-34(36)37/h9,11,33H,3-8,10,12-32H2,1-2H3,(H,36,37)/b11-9-. The van der Waals surface area contributed by atoms with Gasteiger partial charge in [0.05, 0.1) is 0 Å². The van der Waals surface area contributed by atoms with Crippen LogP contribution in [0, 0.1) is 0 Å². The number of carbonyl (C=O) groups excluding carboxylic acids is 1. The van der Waals surface area contributed by atoms with Crippen molar-refractivity contribution < 1.29 is 19.4 Å². The van der Waals surface area contributed by atoms with Crippen molar-refractivity contribution in [3.63, 3.8) is 0 Å². The topological polar surface area (TPSA) is 63.6 Å². The van der Waals surface area contributed by atoms with Gasteiger partial charge in [-0.25, -0.2) is 0 Å². The van der Waals surface area contributed by atoms with Gasteiger partial charge in [-0.2, -0.15) is 0 Å². The number of allylic oxidation sites excluding steroid dienone is 2. The minimum absolute atomic E-state index is 0.0126. The number of rotatable bonds is 31. The fourth-order valence-electron chi connectivity index (χ4n) is 5.16. The van der Waals surface area contributed by atoms with Crippen molar-refractivity contribution in [1.82, 2.24) is 0 Å². The summed E-state index contributed by atoms with van der Waals surface area (Å²) in [5.74, 6) is -0.674. The highest BCUT2D eigenvalue weighted by Gasteiger charge is 2.14. The van der Waals surface area contributed by atoms with Crippen molar-refractivity contribution in [1.29, 1.82) is 0 Å². The highest BCUT2D eigenvalue weighted by molar-refractivity contribution is 5.69. The number of hydrogen-bond donors (Lipinski definition) is 1.